The van der Waals surface area contributed by atoms with E-state index in [4.69, 9.17) is 4.74 Å². The minimum absolute atomic E-state index is 0.0986. The number of halogens is 7. The van der Waals surface area contributed by atoms with Gasteiger partial charge in [-0.2, -0.15) is 17.6 Å². The van der Waals surface area contributed by atoms with Crippen molar-refractivity contribution < 1.29 is 45.0 Å². The van der Waals surface area contributed by atoms with Crippen molar-refractivity contribution in [2.24, 2.45) is 0 Å². The molecule has 0 aliphatic rings. The molecule has 0 heterocycles. The van der Waals surface area contributed by atoms with Crippen LogP contribution in [0.1, 0.15) is 27.0 Å². The third-order valence-corrected chi connectivity index (χ3v) is 6.24. The van der Waals surface area contributed by atoms with Crippen molar-refractivity contribution in [3.63, 3.8) is 0 Å². The zero-order valence-electron chi connectivity index (χ0n) is 21.3. The first-order valence-electron chi connectivity index (χ1n) is 12.1. The molecule has 0 spiro atoms. The summed E-state index contributed by atoms with van der Waals surface area (Å²) < 4.78 is 106. The van der Waals surface area contributed by atoms with Gasteiger partial charge >= 0.3 is 12.5 Å². The van der Waals surface area contributed by atoms with Crippen LogP contribution < -0.4 is 14.8 Å². The number of nitrogens with one attached hydrogen (secondary N) is 1. The predicted octanol–water partition coefficient (Wildman–Crippen LogP) is 7.27. The Bertz CT molecular complexity index is 1530. The number of alkyl halides is 4. The van der Waals surface area contributed by atoms with Crippen molar-refractivity contribution in [2.45, 2.75) is 24.5 Å². The van der Waals surface area contributed by atoms with Gasteiger partial charge in [-0.1, -0.05) is 42.5 Å². The van der Waals surface area contributed by atoms with Crippen molar-refractivity contribution in [3.05, 3.63) is 131 Å². The Morgan fingerprint density at radius 3 is 2.22 bits per heavy atom. The molecule has 0 aliphatic carbocycles. The van der Waals surface area contributed by atoms with Crippen molar-refractivity contribution >= 4 is 5.91 Å². The Kier molecular flexibility index (Phi) is 8.55. The summed E-state index contributed by atoms with van der Waals surface area (Å²) >= 11 is 0. The second-order valence-corrected chi connectivity index (χ2v) is 9.02. The van der Waals surface area contributed by atoms with E-state index in [9.17, 15) is 35.5 Å². The summed E-state index contributed by atoms with van der Waals surface area (Å²) in [6.45, 7) is 0. The number of rotatable bonds is 10. The normalized spacial score (nSPS) is 13.0. The number of amides is 1. The zero-order chi connectivity index (χ0) is 29.8. The van der Waals surface area contributed by atoms with Crippen LogP contribution in [-0.2, 0) is 12.0 Å². The van der Waals surface area contributed by atoms with Gasteiger partial charge in [-0.3, -0.25) is 4.79 Å². The Labute approximate surface area is 230 Å². The summed E-state index contributed by atoms with van der Waals surface area (Å²) in [5.41, 5.74) is -1.61. The first kappa shape index (κ1) is 29.4. The van der Waals surface area contributed by atoms with E-state index in [2.05, 4.69) is 10.1 Å². The molecule has 0 fully saturated rings. The molecule has 0 saturated carbocycles. The molecular formula is C30H22F7NO3. The van der Waals surface area contributed by atoms with Gasteiger partial charge < -0.3 is 14.8 Å². The van der Waals surface area contributed by atoms with Gasteiger partial charge in [0.2, 0.25) is 0 Å². The fraction of sp³-hybridized carbons (Fsp3) is 0.167. The second kappa shape index (κ2) is 11.9. The molecule has 0 aliphatic heterocycles. The topological polar surface area (TPSA) is 47.6 Å². The summed E-state index contributed by atoms with van der Waals surface area (Å²) in [6, 6.07) is 18.7. The summed E-state index contributed by atoms with van der Waals surface area (Å²) in [7, 11) is 1.19. The van der Waals surface area contributed by atoms with Crippen LogP contribution in [-0.4, -0.2) is 25.6 Å². The summed E-state index contributed by atoms with van der Waals surface area (Å²) in [4.78, 5) is 13.5. The summed E-state index contributed by atoms with van der Waals surface area (Å²) in [5.74, 6) is -4.76. The predicted molar refractivity (Wildman–Crippen MR) is 136 cm³/mol. The second-order valence-electron chi connectivity index (χ2n) is 9.02. The molecule has 0 aromatic heterocycles. The van der Waals surface area contributed by atoms with Gasteiger partial charge in [0.15, 0.2) is 11.6 Å². The molecule has 214 valence electrons. The van der Waals surface area contributed by atoms with Crippen LogP contribution in [0.15, 0.2) is 91.0 Å². The van der Waals surface area contributed by atoms with Gasteiger partial charge in [0, 0.05) is 18.1 Å². The summed E-state index contributed by atoms with van der Waals surface area (Å²) in [5, 5.41) is 2.72. The Balaban J connectivity index is 1.99. The van der Waals surface area contributed by atoms with Gasteiger partial charge in [-0.15, -0.1) is 0 Å². The molecule has 11 heteroatoms. The Morgan fingerprint density at radius 1 is 0.829 bits per heavy atom. The molecule has 4 nitrogen and oxygen atoms in total. The van der Waals surface area contributed by atoms with Crippen LogP contribution in [0.4, 0.5) is 30.7 Å². The van der Waals surface area contributed by atoms with Crippen LogP contribution in [0.5, 0.6) is 11.5 Å². The highest BCUT2D eigenvalue weighted by Gasteiger charge is 2.45. The molecule has 4 rings (SSSR count). The number of hydrogen-bond donors (Lipinski definition) is 1. The summed E-state index contributed by atoms with van der Waals surface area (Å²) in [6.07, 6.45) is -9.37. The first-order chi connectivity index (χ1) is 19.4. The Morgan fingerprint density at radius 2 is 1.56 bits per heavy atom. The van der Waals surface area contributed by atoms with Gasteiger partial charge in [0.1, 0.15) is 17.4 Å². The molecule has 4 aromatic carbocycles. The van der Waals surface area contributed by atoms with E-state index in [0.717, 1.165) is 30.3 Å². The standard InChI is InChI=1S/C30H22F7NO3/c1-40-26-15-20(10-11-25(26)33)29(17-18-6-3-2-4-7-18,38-27(39)19-8-5-9-22(31)12-19)21-13-23(32)16-24(14-21)41-30(36,37)28(34)35/h2-16,28H,17H2,1H3,(H,38,39)/t29-/m1/s1. The van der Waals surface area contributed by atoms with Crippen molar-refractivity contribution in [2.75, 3.05) is 7.11 Å². The van der Waals surface area contributed by atoms with Gasteiger partial charge in [0.05, 0.1) is 12.6 Å². The molecule has 0 unspecified atom stereocenters. The maximum absolute atomic E-state index is 15.0. The van der Waals surface area contributed by atoms with Gasteiger partial charge in [-0.05, 0) is 59.2 Å². The fourth-order valence-electron chi connectivity index (χ4n) is 4.35. The van der Waals surface area contributed by atoms with Crippen molar-refractivity contribution in [1.29, 1.82) is 0 Å². The third kappa shape index (κ3) is 6.62. The molecule has 1 N–H and O–H groups in total. The van der Waals surface area contributed by atoms with Crippen molar-refractivity contribution in [3.8, 4) is 11.5 Å². The number of ether oxygens (including phenoxy) is 2. The lowest BCUT2D eigenvalue weighted by Gasteiger charge is -2.37. The van der Waals surface area contributed by atoms with Gasteiger partial charge in [0.25, 0.3) is 5.91 Å². The zero-order valence-corrected chi connectivity index (χ0v) is 21.3. The largest absolute Gasteiger partial charge is 0.494 e. The number of methoxy groups -OCH3 is 1. The lowest BCUT2D eigenvalue weighted by Crippen LogP contribution is -2.48. The van der Waals surface area contributed by atoms with Crippen LogP contribution in [0, 0.1) is 17.5 Å². The van der Waals surface area contributed by atoms with E-state index < -0.39 is 47.2 Å². The van der Waals surface area contributed by atoms with E-state index in [1.54, 1.807) is 30.3 Å². The van der Waals surface area contributed by atoms with Crippen LogP contribution >= 0.6 is 0 Å². The lowest BCUT2D eigenvalue weighted by molar-refractivity contribution is -0.253. The number of hydrogen-bond acceptors (Lipinski definition) is 3. The minimum atomic E-state index is -4.96. The first-order valence-corrected chi connectivity index (χ1v) is 12.1. The number of carbonyl (C=O) groups is 1. The molecule has 0 saturated heterocycles. The average molecular weight is 577 g/mol. The highest BCUT2D eigenvalue weighted by atomic mass is 19.3. The van der Waals surface area contributed by atoms with Crippen LogP contribution in [0.3, 0.4) is 0 Å². The van der Waals surface area contributed by atoms with E-state index in [-0.39, 0.29) is 28.9 Å². The quantitative estimate of drug-likeness (QED) is 0.202. The highest BCUT2D eigenvalue weighted by Crippen LogP contribution is 2.39. The SMILES string of the molecule is COc1cc([C@@](Cc2ccccc2)(NC(=O)c2cccc(F)c2)c2cc(F)cc(OC(F)(F)C(F)F)c2)ccc1F. The fourth-order valence-corrected chi connectivity index (χ4v) is 4.35. The van der Waals surface area contributed by atoms with Crippen molar-refractivity contribution in [1.82, 2.24) is 5.32 Å². The monoisotopic (exact) mass is 577 g/mol. The average Bonchev–Trinajstić information content (AvgIpc) is 2.92. The van der Waals surface area contributed by atoms with Crippen LogP contribution in [0.25, 0.3) is 0 Å². The van der Waals surface area contributed by atoms with E-state index in [0.29, 0.717) is 11.6 Å². The van der Waals surface area contributed by atoms with Gasteiger partial charge in [-0.25, -0.2) is 13.2 Å². The smallest absolute Gasteiger partial charge is 0.461 e. The molecule has 4 aromatic rings. The minimum Gasteiger partial charge on any atom is -0.494 e. The maximum Gasteiger partial charge on any atom is 0.461 e. The van der Waals surface area contributed by atoms with Crippen LogP contribution in [0.2, 0.25) is 0 Å². The molecule has 1 atom stereocenters. The number of benzene rings is 4. The van der Waals surface area contributed by atoms with E-state index in [1.165, 1.54) is 31.4 Å². The highest BCUT2D eigenvalue weighted by molar-refractivity contribution is 5.95. The van der Waals surface area contributed by atoms with E-state index >= 15 is 0 Å². The molecule has 41 heavy (non-hydrogen) atoms. The third-order valence-electron chi connectivity index (χ3n) is 6.24. The van der Waals surface area contributed by atoms with E-state index in [1.807, 2.05) is 0 Å². The molecular weight excluding hydrogens is 555 g/mol. The molecule has 0 bridgehead atoms. The lowest BCUT2D eigenvalue weighted by atomic mass is 9.77. The molecule has 0 radical (unpaired) electrons. The Hall–Kier alpha value is -4.54. The number of carbonyl (C=O) groups excluding carboxylic acids is 1. The molecule has 1 amide bonds. The maximum atomic E-state index is 15.0.